The maximum atomic E-state index is 13.8. The van der Waals surface area contributed by atoms with E-state index in [-0.39, 0.29) is 0 Å². The molecule has 7 nitrogen and oxygen atoms in total. The molecule has 0 fully saturated rings. The molecule has 2 amide bonds. The summed E-state index contributed by atoms with van der Waals surface area (Å²) in [6.07, 6.45) is -1.91. The summed E-state index contributed by atoms with van der Waals surface area (Å²) in [5, 5.41) is 4.34. The van der Waals surface area contributed by atoms with Crippen LogP contribution in [0.1, 0.15) is 47.1 Å². The summed E-state index contributed by atoms with van der Waals surface area (Å²) in [5.74, 6) is -3.85. The van der Waals surface area contributed by atoms with Gasteiger partial charge >= 0.3 is 12.2 Å². The second-order valence-corrected chi connectivity index (χ2v) is 7.77. The van der Waals surface area contributed by atoms with Crippen molar-refractivity contribution in [2.24, 2.45) is 4.99 Å². The van der Waals surface area contributed by atoms with Crippen LogP contribution in [0.2, 0.25) is 0 Å². The molecule has 0 saturated carbocycles. The van der Waals surface area contributed by atoms with E-state index in [1.165, 1.54) is 0 Å². The van der Waals surface area contributed by atoms with Gasteiger partial charge in [-0.15, -0.1) is 0 Å². The Labute approximate surface area is 161 Å². The maximum absolute atomic E-state index is 13.8. The summed E-state index contributed by atoms with van der Waals surface area (Å²) in [6.45, 7) is 9.09. The fourth-order valence-electron chi connectivity index (χ4n) is 1.79. The molecular formula is C18H24F3N3O4. The van der Waals surface area contributed by atoms with Gasteiger partial charge in [0, 0.05) is 17.7 Å². The van der Waals surface area contributed by atoms with Crippen molar-refractivity contribution >= 4 is 18.1 Å². The van der Waals surface area contributed by atoms with Crippen LogP contribution < -0.4 is 10.6 Å². The van der Waals surface area contributed by atoms with Crippen molar-refractivity contribution in [3.8, 4) is 0 Å². The first-order valence-electron chi connectivity index (χ1n) is 8.34. The van der Waals surface area contributed by atoms with Crippen LogP contribution in [0.25, 0.3) is 0 Å². The number of hydrogen-bond donors (Lipinski definition) is 2. The third kappa shape index (κ3) is 8.74. The standard InChI is InChI=1S/C18H24F3N3O4/c1-17(2,3)27-15(25)23-14(24-16(26)28-18(4,5)6)22-9-11-12(20)7-10(19)8-13(11)21/h7-8H,9H2,1-6H3,(H2,22,23,24,25,26). The number of hydrogen-bond acceptors (Lipinski definition) is 5. The first-order valence-corrected chi connectivity index (χ1v) is 8.34. The number of nitrogens with one attached hydrogen (secondary N) is 2. The van der Waals surface area contributed by atoms with E-state index in [0.717, 1.165) is 0 Å². The minimum absolute atomic E-state index is 0.452. The minimum Gasteiger partial charge on any atom is -0.444 e. The highest BCUT2D eigenvalue weighted by molar-refractivity contribution is 6.01. The Morgan fingerprint density at radius 1 is 0.893 bits per heavy atom. The SMILES string of the molecule is CC(C)(C)OC(=O)NC(=NCc1c(F)cc(F)cc1F)NC(=O)OC(C)(C)C. The summed E-state index contributed by atoms with van der Waals surface area (Å²) >= 11 is 0. The Bertz CT molecular complexity index is 713. The number of amides is 2. The van der Waals surface area contributed by atoms with Crippen molar-refractivity contribution in [2.75, 3.05) is 0 Å². The van der Waals surface area contributed by atoms with Crippen molar-refractivity contribution in [1.29, 1.82) is 0 Å². The van der Waals surface area contributed by atoms with Crippen LogP contribution in [0.4, 0.5) is 22.8 Å². The third-order valence-electron chi connectivity index (χ3n) is 2.74. The second kappa shape index (κ2) is 8.94. The Kier molecular flexibility index (Phi) is 7.43. The normalized spacial score (nSPS) is 11.5. The van der Waals surface area contributed by atoms with Crippen molar-refractivity contribution < 1.29 is 32.2 Å². The number of benzene rings is 1. The highest BCUT2D eigenvalue weighted by Gasteiger charge is 2.21. The van der Waals surface area contributed by atoms with Crippen molar-refractivity contribution in [1.82, 2.24) is 10.6 Å². The number of alkyl carbamates (subject to hydrolysis) is 2. The van der Waals surface area contributed by atoms with Crippen LogP contribution in [-0.2, 0) is 16.0 Å². The van der Waals surface area contributed by atoms with Crippen LogP contribution in [-0.4, -0.2) is 29.3 Å². The van der Waals surface area contributed by atoms with E-state index in [0.29, 0.717) is 12.1 Å². The van der Waals surface area contributed by atoms with E-state index in [2.05, 4.69) is 15.6 Å². The van der Waals surface area contributed by atoms with Gasteiger partial charge in [-0.1, -0.05) is 0 Å². The lowest BCUT2D eigenvalue weighted by Gasteiger charge is -2.22. The summed E-state index contributed by atoms with van der Waals surface area (Å²) in [6, 6.07) is 0.992. The van der Waals surface area contributed by atoms with Gasteiger partial charge in [0.15, 0.2) is 0 Å². The monoisotopic (exact) mass is 403 g/mol. The fraction of sp³-hybridized carbons (Fsp3) is 0.500. The molecule has 0 aromatic heterocycles. The molecule has 28 heavy (non-hydrogen) atoms. The van der Waals surface area contributed by atoms with Crippen LogP contribution in [0, 0.1) is 17.5 Å². The number of nitrogens with zero attached hydrogens (tertiary/aromatic N) is 1. The van der Waals surface area contributed by atoms with E-state index in [4.69, 9.17) is 9.47 Å². The molecule has 1 aromatic rings. The first-order chi connectivity index (χ1) is 12.7. The van der Waals surface area contributed by atoms with Gasteiger partial charge in [0.05, 0.1) is 6.54 Å². The molecule has 0 aliphatic carbocycles. The van der Waals surface area contributed by atoms with Gasteiger partial charge in [-0.3, -0.25) is 10.6 Å². The quantitative estimate of drug-likeness (QED) is 0.577. The minimum atomic E-state index is -1.16. The van der Waals surface area contributed by atoms with Gasteiger partial charge in [0.1, 0.15) is 28.7 Å². The van der Waals surface area contributed by atoms with Gasteiger partial charge in [-0.05, 0) is 41.5 Å². The highest BCUT2D eigenvalue weighted by Crippen LogP contribution is 2.16. The van der Waals surface area contributed by atoms with Crippen LogP contribution >= 0.6 is 0 Å². The summed E-state index contributed by atoms with van der Waals surface area (Å²) < 4.78 is 50.6. The average Bonchev–Trinajstić information content (AvgIpc) is 2.41. The van der Waals surface area contributed by atoms with Crippen LogP contribution in [0.3, 0.4) is 0 Å². The van der Waals surface area contributed by atoms with Gasteiger partial charge in [-0.2, -0.15) is 0 Å². The molecule has 0 aliphatic rings. The van der Waals surface area contributed by atoms with Crippen molar-refractivity contribution in [2.45, 2.75) is 59.3 Å². The van der Waals surface area contributed by atoms with Crippen molar-refractivity contribution in [3.63, 3.8) is 0 Å². The highest BCUT2D eigenvalue weighted by atomic mass is 19.1. The Balaban J connectivity index is 3.03. The second-order valence-electron chi connectivity index (χ2n) is 7.77. The van der Waals surface area contributed by atoms with Crippen LogP contribution in [0.5, 0.6) is 0 Å². The van der Waals surface area contributed by atoms with E-state index in [1.807, 2.05) is 0 Å². The molecule has 10 heteroatoms. The molecule has 1 rings (SSSR count). The maximum Gasteiger partial charge on any atom is 0.414 e. The Hall–Kier alpha value is -2.78. The molecule has 0 spiro atoms. The number of ether oxygens (including phenoxy) is 2. The molecule has 1 aromatic carbocycles. The molecule has 156 valence electrons. The lowest BCUT2D eigenvalue weighted by atomic mass is 10.2. The number of rotatable bonds is 2. The van der Waals surface area contributed by atoms with Gasteiger partial charge in [0.25, 0.3) is 0 Å². The predicted molar refractivity (Wildman–Crippen MR) is 96.2 cm³/mol. The number of carbonyl (C=O) groups is 2. The molecule has 0 atom stereocenters. The summed E-state index contributed by atoms with van der Waals surface area (Å²) in [4.78, 5) is 27.6. The molecule has 0 heterocycles. The smallest absolute Gasteiger partial charge is 0.414 e. The Morgan fingerprint density at radius 3 is 1.64 bits per heavy atom. The van der Waals surface area contributed by atoms with Gasteiger partial charge in [-0.25, -0.2) is 27.8 Å². The van der Waals surface area contributed by atoms with E-state index in [1.54, 1.807) is 41.5 Å². The largest absolute Gasteiger partial charge is 0.444 e. The predicted octanol–water partition coefficient (Wildman–Crippen LogP) is 4.01. The van der Waals surface area contributed by atoms with E-state index in [9.17, 15) is 22.8 Å². The number of halogens is 3. The zero-order valence-corrected chi connectivity index (χ0v) is 16.6. The topological polar surface area (TPSA) is 89.0 Å². The average molecular weight is 403 g/mol. The third-order valence-corrected chi connectivity index (χ3v) is 2.74. The zero-order chi connectivity index (χ0) is 21.7. The molecule has 0 bridgehead atoms. The lowest BCUT2D eigenvalue weighted by Crippen LogP contribution is -2.47. The van der Waals surface area contributed by atoms with E-state index < -0.39 is 58.9 Å². The Morgan fingerprint density at radius 2 is 1.29 bits per heavy atom. The first kappa shape index (κ1) is 23.3. The fourth-order valence-corrected chi connectivity index (χ4v) is 1.79. The molecule has 2 N–H and O–H groups in total. The zero-order valence-electron chi connectivity index (χ0n) is 16.6. The molecule has 0 radical (unpaired) electrons. The molecule has 0 unspecified atom stereocenters. The van der Waals surface area contributed by atoms with Gasteiger partial charge in [0.2, 0.25) is 5.96 Å². The number of carbonyl (C=O) groups excluding carboxylic acids is 2. The summed E-state index contributed by atoms with van der Waals surface area (Å²) in [7, 11) is 0. The van der Waals surface area contributed by atoms with Crippen LogP contribution in [0.15, 0.2) is 17.1 Å². The summed E-state index contributed by atoms with van der Waals surface area (Å²) in [5.41, 5.74) is -2.22. The molecular weight excluding hydrogens is 379 g/mol. The van der Waals surface area contributed by atoms with E-state index >= 15 is 0 Å². The van der Waals surface area contributed by atoms with Crippen molar-refractivity contribution in [3.05, 3.63) is 35.1 Å². The molecule has 0 saturated heterocycles. The number of guanidine groups is 1. The molecule has 0 aliphatic heterocycles. The number of aliphatic imine (C=N–C) groups is 1. The lowest BCUT2D eigenvalue weighted by molar-refractivity contribution is 0.0545. The van der Waals surface area contributed by atoms with Gasteiger partial charge < -0.3 is 9.47 Å².